The largest absolute Gasteiger partial charge is 0.476 e. The molecule has 5 nitrogen and oxygen atoms in total. The molecule has 136 valence electrons. The van der Waals surface area contributed by atoms with Crippen molar-refractivity contribution in [3.8, 4) is 22.7 Å². The number of aromatic nitrogens is 2. The molecular formula is C20H15Cl2N3O2. The minimum atomic E-state index is -0.742. The summed E-state index contributed by atoms with van der Waals surface area (Å²) in [4.78, 5) is 11.7. The van der Waals surface area contributed by atoms with E-state index in [4.69, 9.17) is 33.7 Å². The molecular weight excluding hydrogens is 385 g/mol. The van der Waals surface area contributed by atoms with Crippen LogP contribution in [0.1, 0.15) is 18.5 Å². The van der Waals surface area contributed by atoms with Crippen molar-refractivity contribution in [2.45, 2.75) is 18.9 Å². The van der Waals surface area contributed by atoms with Crippen LogP contribution in [-0.4, -0.2) is 21.8 Å². The molecule has 2 radical (unpaired) electrons. The van der Waals surface area contributed by atoms with Crippen molar-refractivity contribution in [2.75, 3.05) is 0 Å². The first kappa shape index (κ1) is 17.9. The Morgan fingerprint density at radius 2 is 1.93 bits per heavy atom. The highest BCUT2D eigenvalue weighted by atomic mass is 35.5. The predicted octanol–water partition coefficient (Wildman–Crippen LogP) is 4.30. The van der Waals surface area contributed by atoms with Crippen LogP contribution in [0, 0.1) is 6.42 Å². The number of hydrogen-bond acceptors (Lipinski definition) is 3. The Balaban J connectivity index is 1.95. The average Bonchev–Trinajstić information content (AvgIpc) is 2.86. The molecule has 27 heavy (non-hydrogen) atoms. The normalized spacial score (nSPS) is 16.3. The van der Waals surface area contributed by atoms with Gasteiger partial charge >= 0.3 is 0 Å². The van der Waals surface area contributed by atoms with E-state index < -0.39 is 12.0 Å². The van der Waals surface area contributed by atoms with Gasteiger partial charge in [-0.25, -0.2) is 4.68 Å². The summed E-state index contributed by atoms with van der Waals surface area (Å²) in [6.45, 7) is 0. The van der Waals surface area contributed by atoms with Crippen molar-refractivity contribution in [3.05, 3.63) is 70.7 Å². The summed E-state index contributed by atoms with van der Waals surface area (Å²) in [6.07, 6.45) is 3.44. The summed E-state index contributed by atoms with van der Waals surface area (Å²) in [5.74, 6) is -0.0595. The molecule has 1 aliphatic heterocycles. The lowest BCUT2D eigenvalue weighted by molar-refractivity contribution is -0.124. The van der Waals surface area contributed by atoms with Gasteiger partial charge in [-0.2, -0.15) is 5.10 Å². The maximum Gasteiger partial charge on any atom is 0.258 e. The van der Waals surface area contributed by atoms with Crippen LogP contribution in [0.4, 0.5) is 0 Å². The van der Waals surface area contributed by atoms with Gasteiger partial charge in [-0.05, 0) is 37.1 Å². The highest BCUT2D eigenvalue weighted by Crippen LogP contribution is 2.40. The van der Waals surface area contributed by atoms with Gasteiger partial charge in [0.1, 0.15) is 11.4 Å². The van der Waals surface area contributed by atoms with E-state index in [2.05, 4.69) is 11.5 Å². The zero-order valence-electron chi connectivity index (χ0n) is 14.2. The Hall–Kier alpha value is -2.50. The second-order valence-corrected chi connectivity index (χ2v) is 6.96. The number of carbonyl (C=O) groups is 1. The summed E-state index contributed by atoms with van der Waals surface area (Å²) in [7, 11) is 0. The van der Waals surface area contributed by atoms with E-state index in [1.54, 1.807) is 22.9 Å². The Morgan fingerprint density at radius 1 is 1.19 bits per heavy atom. The van der Waals surface area contributed by atoms with Crippen molar-refractivity contribution in [3.63, 3.8) is 0 Å². The maximum absolute atomic E-state index is 11.7. The molecule has 1 aromatic heterocycles. The highest BCUT2D eigenvalue weighted by molar-refractivity contribution is 6.32. The van der Waals surface area contributed by atoms with Gasteiger partial charge in [-0.1, -0.05) is 47.5 Å². The molecule has 0 bridgehead atoms. The number of ether oxygens (including phenoxy) is 1. The second kappa shape index (κ2) is 7.25. The van der Waals surface area contributed by atoms with Crippen molar-refractivity contribution < 1.29 is 9.53 Å². The number of nitrogens with two attached hydrogens (primary N) is 1. The summed E-state index contributed by atoms with van der Waals surface area (Å²) < 4.78 is 7.68. The number of hydrogen-bond donors (Lipinski definition) is 1. The monoisotopic (exact) mass is 399 g/mol. The Morgan fingerprint density at radius 3 is 2.63 bits per heavy atom. The van der Waals surface area contributed by atoms with Gasteiger partial charge in [0.2, 0.25) is 0 Å². The second-order valence-electron chi connectivity index (χ2n) is 6.12. The molecule has 0 aliphatic carbocycles. The van der Waals surface area contributed by atoms with Crippen LogP contribution in [0.5, 0.6) is 5.75 Å². The number of primary amides is 1. The fourth-order valence-corrected chi connectivity index (χ4v) is 3.35. The van der Waals surface area contributed by atoms with Crippen LogP contribution in [0.25, 0.3) is 16.9 Å². The lowest BCUT2D eigenvalue weighted by atomic mass is 10.1. The molecule has 0 fully saturated rings. The summed E-state index contributed by atoms with van der Waals surface area (Å²) in [5.41, 5.74) is 8.19. The smallest absolute Gasteiger partial charge is 0.258 e. The zero-order valence-corrected chi connectivity index (χ0v) is 15.7. The van der Waals surface area contributed by atoms with E-state index >= 15 is 0 Å². The minimum absolute atomic E-state index is 0.456. The van der Waals surface area contributed by atoms with E-state index in [0.717, 1.165) is 5.56 Å². The standard InChI is InChI=1S/C20H15Cl2N3O2/c21-13-10-8-12(9-11-13)18-19-15(5-3-7-17(27-19)20(23)26)24-25(18)16-6-2-1-4-14(16)22/h1-2,4,6,8-11,17H,3,7H2,(H2,23,26). The molecule has 0 spiro atoms. The number of fused-ring (bicyclic) bond motifs is 1. The molecule has 2 heterocycles. The van der Waals surface area contributed by atoms with E-state index in [1.807, 2.05) is 30.3 Å². The van der Waals surface area contributed by atoms with Gasteiger partial charge in [0, 0.05) is 17.0 Å². The first-order valence-corrected chi connectivity index (χ1v) is 9.14. The zero-order chi connectivity index (χ0) is 19.0. The third-order valence-corrected chi connectivity index (χ3v) is 4.89. The fourth-order valence-electron chi connectivity index (χ4n) is 3.01. The SMILES string of the molecule is NC(=O)C1CC[C]c2nn(-c3ccccc3Cl)c(-c3ccc(Cl)cc3)c2O1. The van der Waals surface area contributed by atoms with Crippen molar-refractivity contribution in [1.29, 1.82) is 0 Å². The van der Waals surface area contributed by atoms with Crippen molar-refractivity contribution >= 4 is 29.1 Å². The molecule has 4 rings (SSSR count). The van der Waals surface area contributed by atoms with Gasteiger partial charge in [-0.3, -0.25) is 4.79 Å². The number of amides is 1. The van der Waals surface area contributed by atoms with Gasteiger partial charge in [0.05, 0.1) is 10.7 Å². The van der Waals surface area contributed by atoms with Crippen LogP contribution in [0.15, 0.2) is 48.5 Å². The quantitative estimate of drug-likeness (QED) is 0.713. The van der Waals surface area contributed by atoms with Crippen LogP contribution in [-0.2, 0) is 4.79 Å². The van der Waals surface area contributed by atoms with Crippen molar-refractivity contribution in [1.82, 2.24) is 9.78 Å². The summed E-state index contributed by atoms with van der Waals surface area (Å²) >= 11 is 12.4. The maximum atomic E-state index is 11.7. The van der Waals surface area contributed by atoms with Crippen LogP contribution in [0.3, 0.4) is 0 Å². The first-order valence-electron chi connectivity index (χ1n) is 8.38. The summed E-state index contributed by atoms with van der Waals surface area (Å²) in [5, 5.41) is 5.80. The predicted molar refractivity (Wildman–Crippen MR) is 104 cm³/mol. The van der Waals surface area contributed by atoms with Crippen LogP contribution >= 0.6 is 23.2 Å². The third kappa shape index (κ3) is 3.40. The Labute approximate surface area is 166 Å². The highest BCUT2D eigenvalue weighted by Gasteiger charge is 2.30. The van der Waals surface area contributed by atoms with Gasteiger partial charge in [-0.15, -0.1) is 0 Å². The molecule has 0 saturated carbocycles. The number of para-hydroxylation sites is 1. The molecule has 1 atom stereocenters. The van der Waals surface area contributed by atoms with E-state index in [-0.39, 0.29) is 0 Å². The average molecular weight is 400 g/mol. The number of benzene rings is 2. The molecule has 0 saturated heterocycles. The minimum Gasteiger partial charge on any atom is -0.476 e. The number of carbonyl (C=O) groups excluding carboxylic acids is 1. The van der Waals surface area contributed by atoms with E-state index in [1.165, 1.54) is 0 Å². The van der Waals surface area contributed by atoms with Crippen LogP contribution < -0.4 is 10.5 Å². The Kier molecular flexibility index (Phi) is 4.81. The van der Waals surface area contributed by atoms with E-state index in [9.17, 15) is 4.79 Å². The first-order chi connectivity index (χ1) is 13.0. The molecule has 1 unspecified atom stereocenters. The molecule has 7 heteroatoms. The van der Waals surface area contributed by atoms with E-state index in [0.29, 0.717) is 45.7 Å². The summed E-state index contributed by atoms with van der Waals surface area (Å²) in [6, 6.07) is 14.7. The number of nitrogens with zero attached hydrogens (tertiary/aromatic N) is 2. The fraction of sp³-hybridized carbons (Fsp3) is 0.150. The lowest BCUT2D eigenvalue weighted by Crippen LogP contribution is -2.33. The number of rotatable bonds is 3. The third-order valence-electron chi connectivity index (χ3n) is 4.32. The molecule has 2 N–H and O–H groups in total. The van der Waals surface area contributed by atoms with Gasteiger partial charge in [0.15, 0.2) is 11.9 Å². The Bertz CT molecular complexity index is 999. The lowest BCUT2D eigenvalue weighted by Gasteiger charge is -2.16. The van der Waals surface area contributed by atoms with Gasteiger partial charge < -0.3 is 10.5 Å². The topological polar surface area (TPSA) is 70.1 Å². The molecule has 1 aliphatic rings. The molecule has 3 aromatic rings. The molecule has 2 aromatic carbocycles. The van der Waals surface area contributed by atoms with Gasteiger partial charge in [0.25, 0.3) is 5.91 Å². The molecule has 1 amide bonds. The number of halogens is 2. The van der Waals surface area contributed by atoms with Crippen molar-refractivity contribution in [2.24, 2.45) is 5.73 Å². The van der Waals surface area contributed by atoms with Crippen LogP contribution in [0.2, 0.25) is 10.0 Å².